The summed E-state index contributed by atoms with van der Waals surface area (Å²) < 4.78 is 35.4. The molecule has 0 bridgehead atoms. The van der Waals surface area contributed by atoms with E-state index in [2.05, 4.69) is 34.1 Å². The number of anilines is 4. The van der Waals surface area contributed by atoms with Crippen LogP contribution >= 0.6 is 0 Å². The van der Waals surface area contributed by atoms with Crippen molar-refractivity contribution in [2.24, 2.45) is 0 Å². The molecule has 35 heavy (non-hydrogen) atoms. The minimum atomic E-state index is -3.19. The number of aromatic nitrogens is 3. The van der Waals surface area contributed by atoms with Gasteiger partial charge in [-0.3, -0.25) is 0 Å². The topological polar surface area (TPSA) is 158 Å². The highest BCUT2D eigenvalue weighted by atomic mass is 28.4. The van der Waals surface area contributed by atoms with E-state index in [1.54, 1.807) is 42.7 Å². The van der Waals surface area contributed by atoms with E-state index in [0.29, 0.717) is 18.5 Å². The van der Waals surface area contributed by atoms with Crippen LogP contribution < -0.4 is 16.8 Å². The third-order valence-electron chi connectivity index (χ3n) is 6.16. The number of nitrogens with two attached hydrogens (primary N) is 2. The highest BCUT2D eigenvalue weighted by Crippen LogP contribution is 2.44. The zero-order valence-electron chi connectivity index (χ0n) is 21.7. The number of rotatable bonds is 14. The lowest BCUT2D eigenvalue weighted by Gasteiger charge is -2.38. The zero-order valence-corrected chi connectivity index (χ0v) is 23.7. The van der Waals surface area contributed by atoms with Gasteiger partial charge in [0, 0.05) is 48.3 Å². The summed E-state index contributed by atoms with van der Waals surface area (Å²) in [6.07, 6.45) is 1.36. The van der Waals surface area contributed by atoms with Crippen molar-refractivity contribution in [3.8, 4) is 0 Å². The Labute approximate surface area is 209 Å². The van der Waals surface area contributed by atoms with Gasteiger partial charge in [-0.1, -0.05) is 26.0 Å². The van der Waals surface area contributed by atoms with Gasteiger partial charge in [0.15, 0.2) is 0 Å². The molecule has 0 spiro atoms. The van der Waals surface area contributed by atoms with Crippen molar-refractivity contribution in [3.63, 3.8) is 0 Å². The lowest BCUT2D eigenvalue weighted by Crippen LogP contribution is -2.52. The van der Waals surface area contributed by atoms with Gasteiger partial charge >= 0.3 is 17.6 Å². The third kappa shape index (κ3) is 5.81. The fourth-order valence-electron chi connectivity index (χ4n) is 4.62. The van der Waals surface area contributed by atoms with Crippen molar-refractivity contribution >= 4 is 41.1 Å². The van der Waals surface area contributed by atoms with Gasteiger partial charge in [-0.2, -0.15) is 15.0 Å². The SMILES string of the molecule is CCC(c1cccc(Nc2nc(N)nc(N)n2)c1C(CC)[Si](OC)(OC)OC)[Si](OC)(OC)OC. The summed E-state index contributed by atoms with van der Waals surface area (Å²) in [5.74, 6) is 0.231. The van der Waals surface area contributed by atoms with Gasteiger partial charge in [0.1, 0.15) is 0 Å². The Morgan fingerprint density at radius 3 is 1.63 bits per heavy atom. The van der Waals surface area contributed by atoms with Gasteiger partial charge in [-0.05, 0) is 30.0 Å². The molecule has 1 aromatic heterocycles. The molecule has 5 N–H and O–H groups in total. The molecule has 2 atom stereocenters. The molecule has 0 saturated heterocycles. The van der Waals surface area contributed by atoms with E-state index < -0.39 is 17.6 Å². The van der Waals surface area contributed by atoms with E-state index in [1.807, 2.05) is 18.2 Å². The van der Waals surface area contributed by atoms with Crippen LogP contribution in [0, 0.1) is 0 Å². The van der Waals surface area contributed by atoms with Crippen LogP contribution in [0.15, 0.2) is 18.2 Å². The van der Waals surface area contributed by atoms with Crippen molar-refractivity contribution in [2.45, 2.75) is 37.8 Å². The Balaban J connectivity index is 2.87. The summed E-state index contributed by atoms with van der Waals surface area (Å²) in [5, 5.41) is 3.26. The lowest BCUT2D eigenvalue weighted by molar-refractivity contribution is 0.108. The van der Waals surface area contributed by atoms with Crippen LogP contribution in [0.4, 0.5) is 23.5 Å². The molecule has 14 heteroatoms. The second kappa shape index (κ2) is 12.7. The minimum Gasteiger partial charge on any atom is -0.376 e. The average molecular weight is 527 g/mol. The van der Waals surface area contributed by atoms with Gasteiger partial charge in [0.05, 0.1) is 11.1 Å². The molecule has 196 valence electrons. The van der Waals surface area contributed by atoms with Crippen LogP contribution in [0.25, 0.3) is 0 Å². The molecule has 0 aliphatic rings. The van der Waals surface area contributed by atoms with Crippen LogP contribution in [0.1, 0.15) is 48.9 Å². The maximum absolute atomic E-state index is 5.92. The number of nitrogen functional groups attached to an aromatic ring is 2. The van der Waals surface area contributed by atoms with E-state index in [1.165, 1.54) is 0 Å². The van der Waals surface area contributed by atoms with E-state index >= 15 is 0 Å². The lowest BCUT2D eigenvalue weighted by atomic mass is 9.96. The van der Waals surface area contributed by atoms with E-state index in [9.17, 15) is 0 Å². The molecule has 0 saturated carbocycles. The fourth-order valence-corrected chi connectivity index (χ4v) is 9.63. The summed E-state index contributed by atoms with van der Waals surface area (Å²) in [5.41, 5.74) is 13.7. The van der Waals surface area contributed by atoms with Crippen molar-refractivity contribution in [3.05, 3.63) is 29.3 Å². The smallest absolute Gasteiger partial charge is 0.376 e. The second-order valence-electron chi connectivity index (χ2n) is 7.66. The minimum absolute atomic E-state index is 0.00940. The summed E-state index contributed by atoms with van der Waals surface area (Å²) in [6, 6.07) is 5.88. The molecule has 1 heterocycles. The standard InChI is InChI=1S/C21H38N6O6Si2/c1-9-16(34(28-3,29-4)30-5)14-12-11-13-15(24-21-26-19(22)25-20(23)27-21)18(14)17(10-2)35(31-6,32-7)33-8/h11-13,16-17H,9-10H2,1-8H3,(H5,22,23,24,25,26,27). The zero-order chi connectivity index (χ0) is 26.2. The molecule has 1 aromatic carbocycles. The van der Waals surface area contributed by atoms with E-state index in [-0.39, 0.29) is 28.9 Å². The van der Waals surface area contributed by atoms with Crippen molar-refractivity contribution < 1.29 is 26.6 Å². The largest absolute Gasteiger partial charge is 0.508 e. The van der Waals surface area contributed by atoms with Crippen LogP contribution in [0.5, 0.6) is 0 Å². The van der Waals surface area contributed by atoms with E-state index in [4.69, 9.17) is 38.0 Å². The van der Waals surface area contributed by atoms with Gasteiger partial charge in [-0.15, -0.1) is 0 Å². The molecule has 2 unspecified atom stereocenters. The van der Waals surface area contributed by atoms with Crippen molar-refractivity contribution in [2.75, 3.05) is 59.4 Å². The molecule has 2 rings (SSSR count). The molecule has 0 fully saturated rings. The monoisotopic (exact) mass is 526 g/mol. The summed E-state index contributed by atoms with van der Waals surface area (Å²) >= 11 is 0. The maximum Gasteiger partial charge on any atom is 0.508 e. The number of benzene rings is 1. The Hall–Kier alpha value is -2.18. The Morgan fingerprint density at radius 2 is 1.20 bits per heavy atom. The maximum atomic E-state index is 5.92. The van der Waals surface area contributed by atoms with Gasteiger partial charge in [-0.25, -0.2) is 0 Å². The summed E-state index contributed by atoms with van der Waals surface area (Å²) in [7, 11) is 3.31. The highest BCUT2D eigenvalue weighted by Gasteiger charge is 2.53. The number of nitrogens with one attached hydrogen (secondary N) is 1. The van der Waals surface area contributed by atoms with Crippen LogP contribution in [0.3, 0.4) is 0 Å². The Kier molecular flexibility index (Phi) is 10.5. The van der Waals surface area contributed by atoms with Gasteiger partial charge in [0.2, 0.25) is 17.8 Å². The molecule has 0 aliphatic heterocycles. The van der Waals surface area contributed by atoms with E-state index in [0.717, 1.165) is 11.1 Å². The Bertz CT molecular complexity index is 927. The molecule has 2 aromatic rings. The number of hydrogen-bond donors (Lipinski definition) is 3. The Morgan fingerprint density at radius 1 is 0.743 bits per heavy atom. The predicted molar refractivity (Wildman–Crippen MR) is 138 cm³/mol. The van der Waals surface area contributed by atoms with Gasteiger partial charge < -0.3 is 43.3 Å². The van der Waals surface area contributed by atoms with Crippen LogP contribution in [-0.2, 0) is 26.6 Å². The first-order chi connectivity index (χ1) is 16.7. The molecule has 0 aliphatic carbocycles. The normalized spacial score (nSPS) is 14.1. The molecule has 0 radical (unpaired) electrons. The summed E-state index contributed by atoms with van der Waals surface area (Å²) in [4.78, 5) is 12.2. The summed E-state index contributed by atoms with van der Waals surface area (Å²) in [6.45, 7) is 4.12. The quantitative estimate of drug-likeness (QED) is 0.309. The molecule has 0 amide bonds. The molecular weight excluding hydrogens is 488 g/mol. The first-order valence-electron chi connectivity index (χ1n) is 11.2. The average Bonchev–Trinajstić information content (AvgIpc) is 2.86. The third-order valence-corrected chi connectivity index (χ3v) is 12.7. The highest BCUT2D eigenvalue weighted by molar-refractivity contribution is 6.63. The molecular formula is C21H38N6O6Si2. The second-order valence-corrected chi connectivity index (χ2v) is 13.9. The number of hydrogen-bond acceptors (Lipinski definition) is 12. The van der Waals surface area contributed by atoms with Gasteiger partial charge in [0.25, 0.3) is 0 Å². The first-order valence-corrected chi connectivity index (χ1v) is 14.8. The van der Waals surface area contributed by atoms with Crippen LogP contribution in [0.2, 0.25) is 0 Å². The fraction of sp³-hybridized carbons (Fsp3) is 0.571. The van der Waals surface area contributed by atoms with Crippen molar-refractivity contribution in [1.29, 1.82) is 0 Å². The first kappa shape index (κ1) is 29.1. The van der Waals surface area contributed by atoms with Crippen LogP contribution in [-0.4, -0.2) is 75.2 Å². The molecule has 12 nitrogen and oxygen atoms in total. The van der Waals surface area contributed by atoms with Crippen molar-refractivity contribution in [1.82, 2.24) is 15.0 Å². The number of nitrogens with zero attached hydrogens (tertiary/aromatic N) is 3. The predicted octanol–water partition coefficient (Wildman–Crippen LogP) is 2.60.